The van der Waals surface area contributed by atoms with Crippen LogP contribution in [0.5, 0.6) is 5.75 Å². The third-order valence-corrected chi connectivity index (χ3v) is 5.04. The quantitative estimate of drug-likeness (QED) is 0.505. The van der Waals surface area contributed by atoms with E-state index in [9.17, 15) is 0 Å². The van der Waals surface area contributed by atoms with Crippen LogP contribution in [0.3, 0.4) is 0 Å². The van der Waals surface area contributed by atoms with Gasteiger partial charge in [0, 0.05) is 0 Å². The van der Waals surface area contributed by atoms with E-state index in [-0.39, 0.29) is 10.8 Å². The van der Waals surface area contributed by atoms with Crippen molar-refractivity contribution < 1.29 is 4.74 Å². The molecule has 0 unspecified atom stereocenters. The van der Waals surface area contributed by atoms with Crippen molar-refractivity contribution in [3.8, 4) is 5.75 Å². The van der Waals surface area contributed by atoms with Crippen molar-refractivity contribution in [2.75, 3.05) is 7.11 Å². The van der Waals surface area contributed by atoms with Crippen LogP contribution in [-0.4, -0.2) is 14.4 Å². The Morgan fingerprint density at radius 2 is 1.42 bits per heavy atom. The highest BCUT2D eigenvalue weighted by Crippen LogP contribution is 2.47. The predicted molar refractivity (Wildman–Crippen MR) is 107 cm³/mol. The van der Waals surface area contributed by atoms with Gasteiger partial charge in [-0.3, -0.25) is 0 Å². The second-order valence-electron chi connectivity index (χ2n) is 8.99. The Balaban J connectivity index is 2.21. The van der Waals surface area contributed by atoms with Crippen molar-refractivity contribution in [3.05, 3.63) is 53.1 Å². The minimum absolute atomic E-state index is 0.231. The van der Waals surface area contributed by atoms with Crippen LogP contribution in [-0.2, 0) is 6.32 Å². The standard InChI is InChI=1S/C22H33BO/c1-21(2,3)18-9-8-10-19(22(4,5)6)20(18)23-15-16-11-13-17(24-7)14-12-16/h9-14,20,23H,8,15H2,1-7H3. The molecule has 0 bridgehead atoms. The first-order chi connectivity index (χ1) is 11.1. The van der Waals surface area contributed by atoms with Gasteiger partial charge in [-0.05, 0) is 35.2 Å². The molecule has 1 aromatic rings. The van der Waals surface area contributed by atoms with Crippen LogP contribution in [0.2, 0.25) is 5.82 Å². The Morgan fingerprint density at radius 3 is 1.83 bits per heavy atom. The summed E-state index contributed by atoms with van der Waals surface area (Å²) in [5.41, 5.74) is 5.08. The molecule has 0 atom stereocenters. The van der Waals surface area contributed by atoms with E-state index in [0.717, 1.165) is 18.5 Å². The van der Waals surface area contributed by atoms with E-state index >= 15 is 0 Å². The van der Waals surface area contributed by atoms with Crippen LogP contribution in [0.4, 0.5) is 0 Å². The molecule has 0 amide bonds. The Labute approximate surface area is 149 Å². The first-order valence-electron chi connectivity index (χ1n) is 9.17. The lowest BCUT2D eigenvalue weighted by molar-refractivity contribution is 0.414. The molecule has 0 N–H and O–H groups in total. The molecule has 130 valence electrons. The molecular weight excluding hydrogens is 291 g/mol. The SMILES string of the molecule is COc1ccc(CBC2C(C(C)(C)C)=CCC=C2C(C)(C)C)cc1. The van der Waals surface area contributed by atoms with E-state index in [1.165, 1.54) is 12.8 Å². The second-order valence-corrected chi connectivity index (χ2v) is 8.99. The molecule has 0 aliphatic heterocycles. The minimum Gasteiger partial charge on any atom is -0.497 e. The summed E-state index contributed by atoms with van der Waals surface area (Å²) in [7, 11) is 2.90. The summed E-state index contributed by atoms with van der Waals surface area (Å²) < 4.78 is 5.27. The van der Waals surface area contributed by atoms with Crippen LogP contribution < -0.4 is 4.74 Å². The summed E-state index contributed by atoms with van der Waals surface area (Å²) >= 11 is 0. The number of hydrogen-bond acceptors (Lipinski definition) is 1. The van der Waals surface area contributed by atoms with Crippen molar-refractivity contribution in [2.45, 2.75) is 60.1 Å². The predicted octanol–water partition coefficient (Wildman–Crippen LogP) is 5.77. The summed E-state index contributed by atoms with van der Waals surface area (Å²) in [5, 5.41) is 0. The van der Waals surface area contributed by atoms with E-state index in [0.29, 0.717) is 5.82 Å². The molecule has 1 aliphatic carbocycles. The van der Waals surface area contributed by atoms with E-state index in [2.05, 4.69) is 78.0 Å². The van der Waals surface area contributed by atoms with Gasteiger partial charge >= 0.3 is 0 Å². The summed E-state index contributed by atoms with van der Waals surface area (Å²) in [5.74, 6) is 1.49. The number of rotatable bonds is 4. The number of hydrogen-bond donors (Lipinski definition) is 0. The Bertz CT molecular complexity index is 579. The molecule has 0 aromatic heterocycles. The van der Waals surface area contributed by atoms with E-state index < -0.39 is 0 Å². The zero-order chi connectivity index (χ0) is 18.0. The molecule has 2 rings (SSSR count). The highest BCUT2D eigenvalue weighted by Gasteiger charge is 2.34. The monoisotopic (exact) mass is 324 g/mol. The molecule has 1 nitrogen and oxygen atoms in total. The zero-order valence-corrected chi connectivity index (χ0v) is 16.6. The number of methoxy groups -OCH3 is 1. The van der Waals surface area contributed by atoms with Gasteiger partial charge in [0.2, 0.25) is 0 Å². The van der Waals surface area contributed by atoms with Crippen LogP contribution in [0.1, 0.15) is 53.5 Å². The summed E-state index contributed by atoms with van der Waals surface area (Å²) in [4.78, 5) is 0. The fraction of sp³-hybridized carbons (Fsp3) is 0.545. The Kier molecular flexibility index (Phi) is 5.68. The van der Waals surface area contributed by atoms with Gasteiger partial charge in [0.05, 0.1) is 7.11 Å². The Hall–Kier alpha value is -1.44. The second kappa shape index (κ2) is 7.21. The number of ether oxygens (including phenoxy) is 1. The van der Waals surface area contributed by atoms with Crippen LogP contribution >= 0.6 is 0 Å². The third kappa shape index (κ3) is 4.56. The maximum Gasteiger partial charge on any atom is 0.139 e. The van der Waals surface area contributed by atoms with Crippen molar-refractivity contribution in [1.82, 2.24) is 0 Å². The van der Waals surface area contributed by atoms with Crippen LogP contribution in [0.25, 0.3) is 0 Å². The fourth-order valence-electron chi connectivity index (χ4n) is 3.84. The fourth-order valence-corrected chi connectivity index (χ4v) is 3.84. The molecule has 0 radical (unpaired) electrons. The van der Waals surface area contributed by atoms with E-state index in [1.54, 1.807) is 18.3 Å². The lowest BCUT2D eigenvalue weighted by atomic mass is 9.48. The number of benzene rings is 1. The van der Waals surface area contributed by atoms with Gasteiger partial charge in [0.15, 0.2) is 0 Å². The first kappa shape index (κ1) is 18.9. The minimum atomic E-state index is 0.231. The maximum absolute atomic E-state index is 5.27. The maximum atomic E-state index is 5.27. The largest absolute Gasteiger partial charge is 0.497 e. The van der Waals surface area contributed by atoms with Gasteiger partial charge in [-0.15, -0.1) is 0 Å². The van der Waals surface area contributed by atoms with Gasteiger partial charge in [0.1, 0.15) is 13.0 Å². The molecule has 0 fully saturated rings. The molecule has 0 saturated heterocycles. The average molecular weight is 324 g/mol. The number of allylic oxidation sites excluding steroid dienone is 4. The molecule has 0 heterocycles. The van der Waals surface area contributed by atoms with Crippen molar-refractivity contribution in [1.29, 1.82) is 0 Å². The lowest BCUT2D eigenvalue weighted by Crippen LogP contribution is -2.28. The van der Waals surface area contributed by atoms with Crippen LogP contribution in [0.15, 0.2) is 47.6 Å². The van der Waals surface area contributed by atoms with Gasteiger partial charge < -0.3 is 4.74 Å². The highest BCUT2D eigenvalue weighted by molar-refractivity contribution is 6.39. The smallest absolute Gasteiger partial charge is 0.139 e. The van der Waals surface area contributed by atoms with Crippen molar-refractivity contribution in [2.24, 2.45) is 10.8 Å². The van der Waals surface area contributed by atoms with Gasteiger partial charge in [-0.25, -0.2) is 0 Å². The summed E-state index contributed by atoms with van der Waals surface area (Å²) in [6.07, 6.45) is 7.12. The summed E-state index contributed by atoms with van der Waals surface area (Å²) in [6.45, 7) is 14.1. The highest BCUT2D eigenvalue weighted by atomic mass is 16.5. The first-order valence-corrected chi connectivity index (χ1v) is 9.17. The summed E-state index contributed by atoms with van der Waals surface area (Å²) in [6, 6.07) is 8.53. The van der Waals surface area contributed by atoms with Crippen molar-refractivity contribution >= 4 is 7.28 Å². The molecule has 0 saturated carbocycles. The third-order valence-electron chi connectivity index (χ3n) is 5.04. The van der Waals surface area contributed by atoms with E-state index in [4.69, 9.17) is 4.74 Å². The molecule has 0 spiro atoms. The van der Waals surface area contributed by atoms with Crippen molar-refractivity contribution in [3.63, 3.8) is 0 Å². The lowest BCUT2D eigenvalue weighted by Gasteiger charge is -2.39. The van der Waals surface area contributed by atoms with Gasteiger partial charge in [0.25, 0.3) is 0 Å². The topological polar surface area (TPSA) is 9.23 Å². The molecular formula is C22H33BO. The average Bonchev–Trinajstić information content (AvgIpc) is 2.51. The zero-order valence-electron chi connectivity index (χ0n) is 16.6. The van der Waals surface area contributed by atoms with E-state index in [1.807, 2.05) is 0 Å². The van der Waals surface area contributed by atoms with Gasteiger partial charge in [-0.1, -0.05) is 88.9 Å². The molecule has 1 aromatic carbocycles. The Morgan fingerprint density at radius 1 is 0.917 bits per heavy atom. The molecule has 1 aliphatic rings. The normalized spacial score (nSPS) is 16.5. The van der Waals surface area contributed by atoms with Crippen LogP contribution in [0, 0.1) is 10.8 Å². The molecule has 24 heavy (non-hydrogen) atoms. The molecule has 2 heteroatoms. The van der Waals surface area contributed by atoms with Gasteiger partial charge in [-0.2, -0.15) is 0 Å².